The average Bonchev–Trinajstić information content (AvgIpc) is 3.12. The van der Waals surface area contributed by atoms with Gasteiger partial charge in [0.2, 0.25) is 0 Å². The smallest absolute Gasteiger partial charge is 0.335 e. The predicted octanol–water partition coefficient (Wildman–Crippen LogP) is 4.76. The predicted molar refractivity (Wildman–Crippen MR) is 108 cm³/mol. The Balaban J connectivity index is 1.64. The molecule has 2 N–H and O–H groups in total. The summed E-state index contributed by atoms with van der Waals surface area (Å²) in [6.07, 6.45) is 0.862. The summed E-state index contributed by atoms with van der Waals surface area (Å²) in [7, 11) is 0. The van der Waals surface area contributed by atoms with Crippen LogP contribution in [0.25, 0.3) is 0 Å². The highest BCUT2D eigenvalue weighted by atomic mass is 16.6. The molecular formula is C23H18N2O4. The minimum Gasteiger partial charge on any atom is -0.478 e. The van der Waals surface area contributed by atoms with E-state index in [-0.39, 0.29) is 34.1 Å². The van der Waals surface area contributed by atoms with Crippen molar-refractivity contribution in [2.75, 3.05) is 5.32 Å². The van der Waals surface area contributed by atoms with Crippen LogP contribution in [0.3, 0.4) is 0 Å². The normalized spacial score (nSPS) is 21.4. The summed E-state index contributed by atoms with van der Waals surface area (Å²) < 4.78 is 0. The Bertz CT molecular complexity index is 1140. The van der Waals surface area contributed by atoms with Crippen LogP contribution in [0.5, 0.6) is 0 Å². The largest absolute Gasteiger partial charge is 0.478 e. The van der Waals surface area contributed by atoms with Crippen molar-refractivity contribution in [1.82, 2.24) is 0 Å². The van der Waals surface area contributed by atoms with Gasteiger partial charge in [-0.15, -0.1) is 0 Å². The Morgan fingerprint density at radius 3 is 2.52 bits per heavy atom. The van der Waals surface area contributed by atoms with E-state index in [4.69, 9.17) is 0 Å². The van der Waals surface area contributed by atoms with Crippen molar-refractivity contribution >= 4 is 17.3 Å². The van der Waals surface area contributed by atoms with Crippen LogP contribution in [0, 0.1) is 16.0 Å². The highest BCUT2D eigenvalue weighted by Gasteiger charge is 2.43. The van der Waals surface area contributed by atoms with E-state index in [1.165, 1.54) is 17.2 Å². The molecule has 3 aromatic rings. The van der Waals surface area contributed by atoms with E-state index in [0.29, 0.717) is 0 Å². The Hall–Kier alpha value is -3.67. The van der Waals surface area contributed by atoms with Gasteiger partial charge in [-0.2, -0.15) is 0 Å². The van der Waals surface area contributed by atoms with Crippen molar-refractivity contribution in [3.05, 3.63) is 105 Å². The lowest BCUT2D eigenvalue weighted by Gasteiger charge is -2.38. The van der Waals surface area contributed by atoms with Crippen molar-refractivity contribution < 1.29 is 14.8 Å². The molecule has 0 fully saturated rings. The number of carboxylic acid groups (broad SMARTS) is 1. The molecule has 0 aromatic heterocycles. The van der Waals surface area contributed by atoms with Crippen molar-refractivity contribution in [3.8, 4) is 0 Å². The monoisotopic (exact) mass is 386 g/mol. The van der Waals surface area contributed by atoms with Crippen molar-refractivity contribution in [2.24, 2.45) is 5.92 Å². The van der Waals surface area contributed by atoms with Gasteiger partial charge in [0.05, 0.1) is 16.5 Å². The third-order valence-corrected chi connectivity index (χ3v) is 6.11. The van der Waals surface area contributed by atoms with Crippen LogP contribution < -0.4 is 5.32 Å². The first kappa shape index (κ1) is 17.4. The summed E-state index contributed by atoms with van der Waals surface area (Å²) in [5.74, 6) is -0.693. The van der Waals surface area contributed by atoms with E-state index < -0.39 is 5.97 Å². The lowest BCUT2D eigenvalue weighted by atomic mass is 9.75. The molecule has 0 bridgehead atoms. The van der Waals surface area contributed by atoms with Gasteiger partial charge in [0.25, 0.3) is 5.69 Å². The number of carbonyl (C=O) groups is 1. The Morgan fingerprint density at radius 2 is 1.79 bits per heavy atom. The van der Waals surface area contributed by atoms with Gasteiger partial charge in [0, 0.05) is 23.7 Å². The summed E-state index contributed by atoms with van der Waals surface area (Å²) in [6, 6.07) is 20.2. The van der Waals surface area contributed by atoms with Crippen molar-refractivity contribution in [2.45, 2.75) is 18.4 Å². The number of nitrogens with one attached hydrogen (secondary N) is 1. The molecule has 3 aromatic carbocycles. The van der Waals surface area contributed by atoms with Gasteiger partial charge in [-0.1, -0.05) is 36.4 Å². The van der Waals surface area contributed by atoms with Gasteiger partial charge >= 0.3 is 5.97 Å². The van der Waals surface area contributed by atoms with Crippen LogP contribution >= 0.6 is 0 Å². The average molecular weight is 386 g/mol. The standard InChI is InChI=1S/C23H18N2O4/c26-23(27)14-7-5-13(6-8-14)22-19-11-15-3-1-2-4-17(15)21(19)18-12-16(25(28)29)9-10-20(18)24-22/h1-10,12,19,21-22,24H,11H2,(H,26,27)/t19-,21+,22+/m0/s1. The van der Waals surface area contributed by atoms with E-state index in [2.05, 4.69) is 17.4 Å². The zero-order valence-electron chi connectivity index (χ0n) is 15.4. The summed E-state index contributed by atoms with van der Waals surface area (Å²) in [5.41, 5.74) is 5.68. The molecule has 0 spiro atoms. The molecular weight excluding hydrogens is 368 g/mol. The molecule has 0 unspecified atom stereocenters. The molecule has 1 heterocycles. The molecule has 0 radical (unpaired) electrons. The second-order valence-corrected chi connectivity index (χ2v) is 7.62. The second kappa shape index (κ2) is 6.44. The van der Waals surface area contributed by atoms with Gasteiger partial charge in [0.15, 0.2) is 0 Å². The highest BCUT2D eigenvalue weighted by molar-refractivity contribution is 5.87. The maximum atomic E-state index is 11.3. The molecule has 0 amide bonds. The minimum atomic E-state index is -0.947. The van der Waals surface area contributed by atoms with Gasteiger partial charge in [0.1, 0.15) is 0 Å². The summed E-state index contributed by atoms with van der Waals surface area (Å²) >= 11 is 0. The fourth-order valence-corrected chi connectivity index (χ4v) is 4.82. The SMILES string of the molecule is O=C(O)c1ccc([C@H]2Nc3ccc([N+](=O)[O-])cc3[C@H]3c4ccccc4C[C@@H]32)cc1. The number of nitro groups is 1. The molecule has 2 aliphatic rings. The fraction of sp³-hybridized carbons (Fsp3) is 0.174. The lowest BCUT2D eigenvalue weighted by Crippen LogP contribution is -2.30. The molecule has 144 valence electrons. The maximum absolute atomic E-state index is 11.3. The highest BCUT2D eigenvalue weighted by Crippen LogP contribution is 2.54. The first-order valence-corrected chi connectivity index (χ1v) is 9.49. The van der Waals surface area contributed by atoms with Crippen LogP contribution in [0.15, 0.2) is 66.7 Å². The fourth-order valence-electron chi connectivity index (χ4n) is 4.82. The van der Waals surface area contributed by atoms with Gasteiger partial charge in [-0.05, 0) is 52.8 Å². The quantitative estimate of drug-likeness (QED) is 0.500. The summed E-state index contributed by atoms with van der Waals surface area (Å²) in [6.45, 7) is 0. The van der Waals surface area contributed by atoms with Crippen LogP contribution in [0.1, 0.15) is 44.6 Å². The molecule has 0 saturated carbocycles. The van der Waals surface area contributed by atoms with Gasteiger partial charge < -0.3 is 10.4 Å². The first-order chi connectivity index (χ1) is 14.0. The Morgan fingerprint density at radius 1 is 1.03 bits per heavy atom. The van der Waals surface area contributed by atoms with Crippen molar-refractivity contribution in [3.63, 3.8) is 0 Å². The van der Waals surface area contributed by atoms with Crippen LogP contribution in [-0.2, 0) is 6.42 Å². The molecule has 29 heavy (non-hydrogen) atoms. The number of hydrogen-bond donors (Lipinski definition) is 2. The summed E-state index contributed by atoms with van der Waals surface area (Å²) in [5, 5.41) is 24.1. The maximum Gasteiger partial charge on any atom is 0.335 e. The van der Waals surface area contributed by atoms with E-state index in [9.17, 15) is 20.0 Å². The zero-order valence-corrected chi connectivity index (χ0v) is 15.4. The van der Waals surface area contributed by atoms with Gasteiger partial charge in [-0.25, -0.2) is 4.79 Å². The van der Waals surface area contributed by atoms with E-state index >= 15 is 0 Å². The van der Waals surface area contributed by atoms with Crippen molar-refractivity contribution in [1.29, 1.82) is 0 Å². The Kier molecular flexibility index (Phi) is 3.87. The molecule has 3 atom stereocenters. The van der Waals surface area contributed by atoms with Gasteiger partial charge in [-0.3, -0.25) is 10.1 Å². The van der Waals surface area contributed by atoms with E-state index in [1.807, 2.05) is 24.3 Å². The van der Waals surface area contributed by atoms with Crippen LogP contribution in [-0.4, -0.2) is 16.0 Å². The number of anilines is 1. The molecule has 6 heteroatoms. The Labute approximate surface area is 167 Å². The number of fused-ring (bicyclic) bond motifs is 5. The van der Waals surface area contributed by atoms with E-state index in [0.717, 1.165) is 23.2 Å². The number of aromatic carboxylic acids is 1. The number of hydrogen-bond acceptors (Lipinski definition) is 4. The molecule has 1 aliphatic carbocycles. The first-order valence-electron chi connectivity index (χ1n) is 9.49. The lowest BCUT2D eigenvalue weighted by molar-refractivity contribution is -0.384. The number of benzene rings is 3. The molecule has 1 aliphatic heterocycles. The van der Waals surface area contributed by atoms with E-state index in [1.54, 1.807) is 24.3 Å². The number of nitro benzene ring substituents is 1. The topological polar surface area (TPSA) is 92.5 Å². The number of carboxylic acids is 1. The number of rotatable bonds is 3. The third-order valence-electron chi connectivity index (χ3n) is 6.11. The van der Waals surface area contributed by atoms with Crippen LogP contribution in [0.4, 0.5) is 11.4 Å². The number of non-ortho nitro benzene ring substituents is 1. The number of nitrogens with zero attached hydrogens (tertiary/aromatic N) is 1. The van der Waals surface area contributed by atoms with Crippen LogP contribution in [0.2, 0.25) is 0 Å². The third kappa shape index (κ3) is 2.76. The minimum absolute atomic E-state index is 0.01000. The molecule has 6 nitrogen and oxygen atoms in total. The second-order valence-electron chi connectivity index (χ2n) is 7.62. The summed E-state index contributed by atoms with van der Waals surface area (Å²) in [4.78, 5) is 22.2. The molecule has 5 rings (SSSR count). The molecule has 0 saturated heterocycles. The zero-order chi connectivity index (χ0) is 20.1.